The van der Waals surface area contributed by atoms with Gasteiger partial charge in [-0.3, -0.25) is 0 Å². The van der Waals surface area contributed by atoms with E-state index in [2.05, 4.69) is 9.57 Å². The third-order valence-electron chi connectivity index (χ3n) is 4.03. The summed E-state index contributed by atoms with van der Waals surface area (Å²) in [6, 6.07) is 1.69. The van der Waals surface area contributed by atoms with E-state index in [1.165, 1.54) is 6.92 Å². The van der Waals surface area contributed by atoms with Crippen LogP contribution in [0, 0.1) is 10.1 Å². The van der Waals surface area contributed by atoms with Gasteiger partial charge >= 0.3 is 18.5 Å². The summed E-state index contributed by atoms with van der Waals surface area (Å²) in [5.74, 6) is -2.46. The summed E-state index contributed by atoms with van der Waals surface area (Å²) >= 11 is 0. The lowest BCUT2D eigenvalue weighted by molar-refractivity contribution is -0.758. The van der Waals surface area contributed by atoms with E-state index in [-0.39, 0.29) is 36.5 Å². The van der Waals surface area contributed by atoms with Crippen molar-refractivity contribution >= 4 is 12.0 Å². The van der Waals surface area contributed by atoms with Gasteiger partial charge in [-0.1, -0.05) is 6.92 Å². The number of benzene rings is 1. The molecule has 9 nitrogen and oxygen atoms in total. The summed E-state index contributed by atoms with van der Waals surface area (Å²) in [5, 5.41) is 8.91. The third kappa shape index (κ3) is 7.69. The number of carbonyl (C=O) groups is 1. The molecule has 2 rings (SSSR count). The van der Waals surface area contributed by atoms with Crippen LogP contribution in [-0.4, -0.2) is 56.1 Å². The van der Waals surface area contributed by atoms with Crippen LogP contribution in [0.1, 0.15) is 18.1 Å². The first-order chi connectivity index (χ1) is 15.3. The Labute approximate surface area is 181 Å². The number of hydrogen-bond acceptors (Lipinski definition) is 8. The quantitative estimate of drug-likeness (QED) is 0.161. The van der Waals surface area contributed by atoms with Crippen LogP contribution in [0.2, 0.25) is 0 Å². The zero-order valence-electron chi connectivity index (χ0n) is 16.8. The monoisotopic (exact) mass is 489 g/mol. The molecule has 1 unspecified atom stereocenters. The lowest BCUT2D eigenvalue weighted by Gasteiger charge is -2.29. The van der Waals surface area contributed by atoms with Crippen LogP contribution in [0.5, 0.6) is 11.5 Å². The van der Waals surface area contributed by atoms with Crippen LogP contribution in [0.3, 0.4) is 0 Å². The molecule has 1 heterocycles. The minimum Gasteiger partial charge on any atom is -0.475 e. The Bertz CT molecular complexity index is 899. The van der Waals surface area contributed by atoms with Gasteiger partial charge in [-0.2, -0.15) is 13.2 Å². The van der Waals surface area contributed by atoms with Crippen LogP contribution in [0.4, 0.5) is 26.3 Å². The lowest BCUT2D eigenvalue weighted by Crippen LogP contribution is -2.41. The lowest BCUT2D eigenvalue weighted by atomic mass is 9.97. The second kappa shape index (κ2) is 10.6. The minimum atomic E-state index is -5.04. The van der Waals surface area contributed by atoms with Crippen molar-refractivity contribution in [1.29, 1.82) is 0 Å². The van der Waals surface area contributed by atoms with Gasteiger partial charge in [0.25, 0.3) is 5.09 Å². The predicted octanol–water partition coefficient (Wildman–Crippen LogP) is 3.62. The number of carbonyl (C=O) groups excluding carboxylic acids is 1. The second-order valence-corrected chi connectivity index (χ2v) is 6.35. The molecule has 0 saturated carbocycles. The summed E-state index contributed by atoms with van der Waals surface area (Å²) in [5.41, 5.74) is -1.21. The Kier molecular flexibility index (Phi) is 8.35. The van der Waals surface area contributed by atoms with Gasteiger partial charge in [-0.05, 0) is 30.2 Å². The molecule has 184 valence electrons. The highest BCUT2D eigenvalue weighted by Gasteiger charge is 2.49. The third-order valence-corrected chi connectivity index (χ3v) is 4.03. The molecule has 0 N–H and O–H groups in total. The molecule has 1 aliphatic rings. The Morgan fingerprint density at radius 3 is 2.36 bits per heavy atom. The van der Waals surface area contributed by atoms with E-state index in [0.717, 1.165) is 18.2 Å². The van der Waals surface area contributed by atoms with Crippen LogP contribution >= 0.6 is 0 Å². The highest BCUT2D eigenvalue weighted by molar-refractivity contribution is 5.96. The van der Waals surface area contributed by atoms with E-state index >= 15 is 0 Å². The van der Waals surface area contributed by atoms with Crippen molar-refractivity contribution in [2.75, 3.05) is 26.4 Å². The SMILES string of the molecule is CCc1cc(OC(F)(F)F)cc2c1OC(C(F)(F)F)C(C(=O)OCCOCCO[N+](=O)[O-])=C2. The second-order valence-electron chi connectivity index (χ2n) is 6.35. The van der Waals surface area contributed by atoms with Crippen LogP contribution in [0.15, 0.2) is 17.7 Å². The first kappa shape index (κ1) is 26.0. The zero-order chi connectivity index (χ0) is 24.8. The van der Waals surface area contributed by atoms with Crippen molar-refractivity contribution in [3.05, 3.63) is 38.9 Å². The van der Waals surface area contributed by atoms with E-state index in [1.807, 2.05) is 0 Å². The Morgan fingerprint density at radius 1 is 1.12 bits per heavy atom. The number of ether oxygens (including phenoxy) is 4. The maximum Gasteiger partial charge on any atom is 0.573 e. The molecule has 1 aromatic rings. The first-order valence-electron chi connectivity index (χ1n) is 9.21. The van der Waals surface area contributed by atoms with Crippen LogP contribution in [-0.2, 0) is 25.5 Å². The van der Waals surface area contributed by atoms with Crippen molar-refractivity contribution in [2.45, 2.75) is 32.0 Å². The van der Waals surface area contributed by atoms with Crippen LogP contribution in [0.25, 0.3) is 6.08 Å². The van der Waals surface area contributed by atoms with Crippen molar-refractivity contribution in [1.82, 2.24) is 0 Å². The van der Waals surface area contributed by atoms with Gasteiger partial charge in [0.1, 0.15) is 24.7 Å². The van der Waals surface area contributed by atoms with Gasteiger partial charge in [0, 0.05) is 5.56 Å². The number of rotatable bonds is 10. The normalized spacial score (nSPS) is 15.7. The molecule has 1 aromatic carbocycles. The van der Waals surface area contributed by atoms with Gasteiger partial charge < -0.3 is 23.8 Å². The summed E-state index contributed by atoms with van der Waals surface area (Å²) < 4.78 is 96.7. The molecule has 0 spiro atoms. The number of nitrogens with zero attached hydrogens (tertiary/aromatic N) is 1. The summed E-state index contributed by atoms with van der Waals surface area (Å²) in [4.78, 5) is 26.2. The maximum absolute atomic E-state index is 13.5. The first-order valence-corrected chi connectivity index (χ1v) is 9.21. The van der Waals surface area contributed by atoms with Crippen molar-refractivity contribution in [2.24, 2.45) is 0 Å². The number of alkyl halides is 6. The number of esters is 1. The predicted molar refractivity (Wildman–Crippen MR) is 95.7 cm³/mol. The van der Waals surface area contributed by atoms with Gasteiger partial charge in [-0.25, -0.2) is 4.79 Å². The fourth-order valence-corrected chi connectivity index (χ4v) is 2.77. The molecule has 0 saturated heterocycles. The van der Waals surface area contributed by atoms with Crippen molar-refractivity contribution < 1.29 is 60.0 Å². The van der Waals surface area contributed by atoms with E-state index in [1.54, 1.807) is 0 Å². The number of halogens is 6. The van der Waals surface area contributed by atoms with E-state index < -0.39 is 54.2 Å². The topological polar surface area (TPSA) is 106 Å². The largest absolute Gasteiger partial charge is 0.573 e. The van der Waals surface area contributed by atoms with Crippen LogP contribution < -0.4 is 9.47 Å². The molecule has 1 aliphatic heterocycles. The van der Waals surface area contributed by atoms with E-state index in [4.69, 9.17) is 14.2 Å². The van der Waals surface area contributed by atoms with Gasteiger partial charge in [0.2, 0.25) is 6.10 Å². The average molecular weight is 489 g/mol. The molecular weight excluding hydrogens is 472 g/mol. The highest BCUT2D eigenvalue weighted by Crippen LogP contribution is 2.42. The Hall–Kier alpha value is -3.23. The van der Waals surface area contributed by atoms with Gasteiger partial charge in [0.05, 0.1) is 18.8 Å². The van der Waals surface area contributed by atoms with Gasteiger partial charge in [0.15, 0.2) is 0 Å². The molecule has 0 amide bonds. The Morgan fingerprint density at radius 2 is 1.79 bits per heavy atom. The molecule has 0 radical (unpaired) electrons. The number of aryl methyl sites for hydroxylation is 1. The number of hydrogen-bond donors (Lipinski definition) is 0. The van der Waals surface area contributed by atoms with Crippen molar-refractivity contribution in [3.63, 3.8) is 0 Å². The molecule has 33 heavy (non-hydrogen) atoms. The van der Waals surface area contributed by atoms with Crippen molar-refractivity contribution in [3.8, 4) is 11.5 Å². The maximum atomic E-state index is 13.5. The standard InChI is InChI=1S/C18H17F6NO8/c1-2-10-7-12(33-18(22,23)24)8-11-9-13(15(17(19,20)21)32-14(10)11)16(26)30-5-3-29-4-6-31-25(27)28/h7-9,15H,2-6H2,1H3. The van der Waals surface area contributed by atoms with E-state index in [0.29, 0.717) is 0 Å². The molecule has 0 bridgehead atoms. The smallest absolute Gasteiger partial charge is 0.475 e. The zero-order valence-corrected chi connectivity index (χ0v) is 16.8. The summed E-state index contributed by atoms with van der Waals surface area (Å²) in [6.07, 6.45) is -12.0. The number of fused-ring (bicyclic) bond motifs is 1. The molecule has 0 aromatic heterocycles. The summed E-state index contributed by atoms with van der Waals surface area (Å²) in [6.45, 7) is 0.0179. The molecule has 1 atom stereocenters. The average Bonchev–Trinajstić information content (AvgIpc) is 2.69. The molecule has 0 fully saturated rings. The highest BCUT2D eigenvalue weighted by atomic mass is 19.4. The fraction of sp³-hybridized carbons (Fsp3) is 0.500. The fourth-order valence-electron chi connectivity index (χ4n) is 2.77. The Balaban J connectivity index is 2.20. The summed E-state index contributed by atoms with van der Waals surface area (Å²) in [7, 11) is 0. The molecule has 15 heteroatoms. The van der Waals surface area contributed by atoms with E-state index in [9.17, 15) is 41.3 Å². The minimum absolute atomic E-state index is 0.00927. The molecule has 0 aliphatic carbocycles. The molecular formula is C18H17F6NO8. The van der Waals surface area contributed by atoms with Gasteiger partial charge in [-0.15, -0.1) is 23.3 Å².